The molecule has 1 aromatic carbocycles. The number of amides is 2. The Labute approximate surface area is 186 Å². The minimum atomic E-state index is -0.0309. The van der Waals surface area contributed by atoms with E-state index < -0.39 is 0 Å². The Morgan fingerprint density at radius 2 is 1.74 bits per heavy atom. The molecular formula is C26H36N4O. The Morgan fingerprint density at radius 3 is 2.42 bits per heavy atom. The molecule has 1 fully saturated rings. The van der Waals surface area contributed by atoms with Crippen molar-refractivity contribution in [2.45, 2.75) is 90.1 Å². The van der Waals surface area contributed by atoms with Gasteiger partial charge in [-0.25, -0.2) is 9.48 Å². The van der Waals surface area contributed by atoms with Crippen molar-refractivity contribution < 1.29 is 4.79 Å². The molecule has 2 amide bonds. The van der Waals surface area contributed by atoms with Gasteiger partial charge in [0.15, 0.2) is 0 Å². The number of nitrogens with zero attached hydrogens (tertiary/aromatic N) is 2. The first-order chi connectivity index (χ1) is 14.9. The molecule has 2 aliphatic rings. The zero-order valence-corrected chi connectivity index (χ0v) is 19.3. The number of aryl methyl sites for hydroxylation is 1. The fourth-order valence-electron chi connectivity index (χ4n) is 5.11. The van der Waals surface area contributed by atoms with Gasteiger partial charge >= 0.3 is 6.03 Å². The van der Waals surface area contributed by atoms with Gasteiger partial charge in [0, 0.05) is 29.3 Å². The van der Waals surface area contributed by atoms with Gasteiger partial charge in [-0.3, -0.25) is 0 Å². The molecule has 0 radical (unpaired) electrons. The lowest BCUT2D eigenvalue weighted by atomic mass is 9.95. The number of allylic oxidation sites excluding steroid dienone is 1. The average Bonchev–Trinajstić information content (AvgIpc) is 3.32. The summed E-state index contributed by atoms with van der Waals surface area (Å²) in [4.78, 5) is 12.4. The molecule has 2 N–H and O–H groups in total. The molecule has 0 bridgehead atoms. The van der Waals surface area contributed by atoms with Crippen LogP contribution in [0.2, 0.25) is 0 Å². The summed E-state index contributed by atoms with van der Waals surface area (Å²) in [5.74, 6) is 0.803. The largest absolute Gasteiger partial charge is 0.335 e. The number of hydrogen-bond donors (Lipinski definition) is 2. The van der Waals surface area contributed by atoms with Crippen molar-refractivity contribution in [1.29, 1.82) is 0 Å². The van der Waals surface area contributed by atoms with Crippen LogP contribution >= 0.6 is 0 Å². The van der Waals surface area contributed by atoms with Crippen molar-refractivity contribution in [3.8, 4) is 5.69 Å². The zero-order chi connectivity index (χ0) is 22.0. The molecule has 2 atom stereocenters. The third-order valence-electron chi connectivity index (χ3n) is 6.86. The summed E-state index contributed by atoms with van der Waals surface area (Å²) >= 11 is 0. The van der Waals surface area contributed by atoms with Crippen LogP contribution in [0.15, 0.2) is 36.4 Å². The first-order valence-electron chi connectivity index (χ1n) is 11.8. The maximum atomic E-state index is 12.4. The Hall–Kier alpha value is -2.56. The standard InChI is InChI=1S/C26H36N4O/c1-17(2)20-11-14-24(15-12-20)30-19(4)25(18(3)29-30)21-10-13-23(16-21)28-26(31)27-22-8-6-5-7-9-22/h10-15,17,21-23H,5-9,16H2,1-4H3,(H2,27,28,31). The number of benzene rings is 1. The van der Waals surface area contributed by atoms with Crippen LogP contribution in [-0.4, -0.2) is 27.9 Å². The van der Waals surface area contributed by atoms with E-state index in [1.54, 1.807) is 0 Å². The molecule has 2 unspecified atom stereocenters. The fraction of sp³-hybridized carbons (Fsp3) is 0.538. The second kappa shape index (κ2) is 9.29. The summed E-state index contributed by atoms with van der Waals surface area (Å²) in [7, 11) is 0. The molecule has 2 aromatic rings. The van der Waals surface area contributed by atoms with Crippen molar-refractivity contribution in [2.24, 2.45) is 0 Å². The zero-order valence-electron chi connectivity index (χ0n) is 19.3. The van der Waals surface area contributed by atoms with E-state index in [0.29, 0.717) is 12.0 Å². The van der Waals surface area contributed by atoms with Gasteiger partial charge in [-0.2, -0.15) is 5.10 Å². The Kier molecular flexibility index (Phi) is 6.49. The van der Waals surface area contributed by atoms with E-state index in [0.717, 1.165) is 30.6 Å². The van der Waals surface area contributed by atoms with Crippen molar-refractivity contribution in [3.63, 3.8) is 0 Å². The van der Waals surface area contributed by atoms with E-state index in [1.165, 1.54) is 36.1 Å². The molecule has 0 saturated heterocycles. The molecule has 5 heteroatoms. The lowest BCUT2D eigenvalue weighted by Gasteiger charge is -2.24. The summed E-state index contributed by atoms with van der Waals surface area (Å²) in [6.45, 7) is 8.66. The molecule has 2 aliphatic carbocycles. The lowest BCUT2D eigenvalue weighted by molar-refractivity contribution is 0.230. The highest BCUT2D eigenvalue weighted by Gasteiger charge is 2.27. The van der Waals surface area contributed by atoms with E-state index in [1.807, 2.05) is 0 Å². The highest BCUT2D eigenvalue weighted by Crippen LogP contribution is 2.34. The molecule has 1 heterocycles. The maximum Gasteiger partial charge on any atom is 0.315 e. The lowest BCUT2D eigenvalue weighted by Crippen LogP contribution is -2.46. The summed E-state index contributed by atoms with van der Waals surface area (Å²) in [5.41, 5.74) is 5.95. The summed E-state index contributed by atoms with van der Waals surface area (Å²) in [5, 5.41) is 11.2. The third-order valence-corrected chi connectivity index (χ3v) is 6.86. The number of aromatic nitrogens is 2. The van der Waals surface area contributed by atoms with Gasteiger partial charge < -0.3 is 10.6 Å². The van der Waals surface area contributed by atoms with E-state index >= 15 is 0 Å². The van der Waals surface area contributed by atoms with Crippen molar-refractivity contribution in [1.82, 2.24) is 20.4 Å². The first kappa shape index (κ1) is 21.7. The SMILES string of the molecule is Cc1nn(-c2ccc(C(C)C)cc2)c(C)c1C1C=CC(NC(=O)NC2CCCCC2)C1. The van der Waals surface area contributed by atoms with Crippen molar-refractivity contribution in [2.75, 3.05) is 0 Å². The van der Waals surface area contributed by atoms with E-state index in [4.69, 9.17) is 5.10 Å². The van der Waals surface area contributed by atoms with Crippen LogP contribution < -0.4 is 10.6 Å². The van der Waals surface area contributed by atoms with Crippen molar-refractivity contribution in [3.05, 3.63) is 58.9 Å². The molecule has 5 nitrogen and oxygen atoms in total. The monoisotopic (exact) mass is 420 g/mol. The number of urea groups is 1. The number of rotatable bonds is 5. The molecule has 1 aromatic heterocycles. The average molecular weight is 421 g/mol. The van der Waals surface area contributed by atoms with Gasteiger partial charge in [0.2, 0.25) is 0 Å². The van der Waals surface area contributed by atoms with Gasteiger partial charge in [-0.05, 0) is 56.7 Å². The minimum Gasteiger partial charge on any atom is -0.335 e. The first-order valence-corrected chi connectivity index (χ1v) is 11.8. The van der Waals surface area contributed by atoms with Crippen LogP contribution in [0, 0.1) is 13.8 Å². The summed E-state index contributed by atoms with van der Waals surface area (Å²) in [6.07, 6.45) is 11.2. The Bertz CT molecular complexity index is 935. The van der Waals surface area contributed by atoms with E-state index in [-0.39, 0.29) is 18.0 Å². The topological polar surface area (TPSA) is 59.0 Å². The van der Waals surface area contributed by atoms with Gasteiger partial charge in [-0.1, -0.05) is 57.4 Å². The Morgan fingerprint density at radius 1 is 1.03 bits per heavy atom. The molecule has 1 saturated carbocycles. The summed E-state index contributed by atoms with van der Waals surface area (Å²) in [6, 6.07) is 9.07. The molecule has 0 aliphatic heterocycles. The normalized spacial score (nSPS) is 21.6. The number of carbonyl (C=O) groups is 1. The summed E-state index contributed by atoms with van der Waals surface area (Å²) < 4.78 is 2.05. The molecule has 0 spiro atoms. The minimum absolute atomic E-state index is 0.0309. The quantitative estimate of drug-likeness (QED) is 0.614. The fourth-order valence-corrected chi connectivity index (χ4v) is 5.11. The molecule has 4 rings (SSSR count). The second-order valence-corrected chi connectivity index (χ2v) is 9.53. The van der Waals surface area contributed by atoms with E-state index in [9.17, 15) is 4.79 Å². The third kappa shape index (κ3) is 4.86. The van der Waals surface area contributed by atoms with Crippen molar-refractivity contribution >= 4 is 6.03 Å². The van der Waals surface area contributed by atoms with Crippen LogP contribution in [0.3, 0.4) is 0 Å². The highest BCUT2D eigenvalue weighted by molar-refractivity contribution is 5.75. The maximum absolute atomic E-state index is 12.4. The smallest absolute Gasteiger partial charge is 0.315 e. The number of hydrogen-bond acceptors (Lipinski definition) is 2. The van der Waals surface area contributed by atoms with Crippen LogP contribution in [-0.2, 0) is 0 Å². The molecular weight excluding hydrogens is 384 g/mol. The predicted molar refractivity (Wildman–Crippen MR) is 126 cm³/mol. The Balaban J connectivity index is 1.41. The molecule has 166 valence electrons. The van der Waals surface area contributed by atoms with Crippen LogP contribution in [0.4, 0.5) is 4.79 Å². The van der Waals surface area contributed by atoms with Gasteiger partial charge in [0.25, 0.3) is 0 Å². The highest BCUT2D eigenvalue weighted by atomic mass is 16.2. The van der Waals surface area contributed by atoms with Crippen LogP contribution in [0.1, 0.15) is 86.7 Å². The van der Waals surface area contributed by atoms with Crippen LogP contribution in [0.25, 0.3) is 5.69 Å². The van der Waals surface area contributed by atoms with Gasteiger partial charge in [0.05, 0.1) is 11.4 Å². The molecule has 31 heavy (non-hydrogen) atoms. The number of nitrogens with one attached hydrogen (secondary N) is 2. The van der Waals surface area contributed by atoms with Crippen LogP contribution in [0.5, 0.6) is 0 Å². The van der Waals surface area contributed by atoms with E-state index in [2.05, 4.69) is 79.4 Å². The predicted octanol–water partition coefficient (Wildman–Crippen LogP) is 5.66. The van der Waals surface area contributed by atoms with Gasteiger partial charge in [0.1, 0.15) is 0 Å². The number of carbonyl (C=O) groups excluding carboxylic acids is 1. The van der Waals surface area contributed by atoms with Gasteiger partial charge in [-0.15, -0.1) is 0 Å². The second-order valence-electron chi connectivity index (χ2n) is 9.53.